The SMILES string of the molecule is O=C(C=Cc1ccccc1)c1c(-c2ccccc2)c2cc(-c3cc(Cl)no3)ccc2[nH]c1=O. The molecule has 160 valence electrons. The van der Waals surface area contributed by atoms with Crippen LogP contribution in [-0.2, 0) is 0 Å². The number of pyridine rings is 1. The van der Waals surface area contributed by atoms with Gasteiger partial charge in [-0.2, -0.15) is 0 Å². The molecular weight excluding hydrogens is 436 g/mol. The summed E-state index contributed by atoms with van der Waals surface area (Å²) in [6.45, 7) is 0. The van der Waals surface area contributed by atoms with Crippen LogP contribution in [0.15, 0.2) is 100 Å². The Morgan fingerprint density at radius 1 is 0.909 bits per heavy atom. The minimum absolute atomic E-state index is 0.0774. The summed E-state index contributed by atoms with van der Waals surface area (Å²) in [5, 5.41) is 4.69. The van der Waals surface area contributed by atoms with Crippen LogP contribution in [0.1, 0.15) is 15.9 Å². The lowest BCUT2D eigenvalue weighted by atomic mass is 9.92. The van der Waals surface area contributed by atoms with E-state index in [9.17, 15) is 9.59 Å². The topological polar surface area (TPSA) is 76.0 Å². The normalized spacial score (nSPS) is 11.3. The summed E-state index contributed by atoms with van der Waals surface area (Å²) in [6.07, 6.45) is 3.13. The zero-order chi connectivity index (χ0) is 22.8. The lowest BCUT2D eigenvalue weighted by molar-refractivity contribution is 0.104. The molecule has 0 fully saturated rings. The van der Waals surface area contributed by atoms with Crippen molar-refractivity contribution in [1.29, 1.82) is 0 Å². The lowest BCUT2D eigenvalue weighted by Gasteiger charge is -2.12. The van der Waals surface area contributed by atoms with Gasteiger partial charge in [-0.3, -0.25) is 9.59 Å². The van der Waals surface area contributed by atoms with E-state index in [0.717, 1.165) is 16.7 Å². The number of carbonyl (C=O) groups is 1. The van der Waals surface area contributed by atoms with Gasteiger partial charge in [-0.15, -0.1) is 0 Å². The zero-order valence-electron chi connectivity index (χ0n) is 17.3. The molecule has 33 heavy (non-hydrogen) atoms. The first-order valence-electron chi connectivity index (χ1n) is 10.3. The summed E-state index contributed by atoms with van der Waals surface area (Å²) in [5.41, 5.74) is 3.16. The third-order valence-corrected chi connectivity index (χ3v) is 5.49. The number of nitrogens with one attached hydrogen (secondary N) is 1. The van der Waals surface area contributed by atoms with Crippen LogP contribution in [-0.4, -0.2) is 15.9 Å². The Kier molecular flexibility index (Phi) is 5.47. The van der Waals surface area contributed by atoms with E-state index < -0.39 is 5.56 Å². The van der Waals surface area contributed by atoms with Crippen LogP contribution in [0.25, 0.3) is 39.4 Å². The quantitative estimate of drug-likeness (QED) is 0.247. The smallest absolute Gasteiger partial charge is 0.260 e. The number of benzene rings is 3. The number of fused-ring (bicyclic) bond motifs is 1. The third-order valence-electron chi connectivity index (χ3n) is 5.32. The van der Waals surface area contributed by atoms with Crippen molar-refractivity contribution >= 4 is 34.4 Å². The second kappa shape index (κ2) is 8.73. The van der Waals surface area contributed by atoms with Gasteiger partial charge in [0.2, 0.25) is 0 Å². The molecule has 5 nitrogen and oxygen atoms in total. The molecule has 0 saturated heterocycles. The van der Waals surface area contributed by atoms with Crippen LogP contribution >= 0.6 is 11.6 Å². The highest BCUT2D eigenvalue weighted by molar-refractivity contribution is 6.29. The molecule has 0 aliphatic carbocycles. The number of ketones is 1. The summed E-state index contributed by atoms with van der Waals surface area (Å²) >= 11 is 5.92. The second-order valence-corrected chi connectivity index (χ2v) is 7.84. The Bertz CT molecular complexity index is 1550. The van der Waals surface area contributed by atoms with Crippen molar-refractivity contribution < 1.29 is 9.32 Å². The molecular formula is C27H17ClN2O3. The molecule has 1 N–H and O–H groups in total. The minimum Gasteiger partial charge on any atom is -0.355 e. The van der Waals surface area contributed by atoms with E-state index in [-0.39, 0.29) is 16.5 Å². The van der Waals surface area contributed by atoms with Crippen LogP contribution in [0.5, 0.6) is 0 Å². The Morgan fingerprint density at radius 3 is 2.33 bits per heavy atom. The number of carbonyl (C=O) groups excluding carboxylic acids is 1. The molecule has 0 unspecified atom stereocenters. The summed E-state index contributed by atoms with van der Waals surface area (Å²) in [5.74, 6) is 0.109. The number of hydrogen-bond acceptors (Lipinski definition) is 4. The van der Waals surface area contributed by atoms with E-state index in [1.165, 1.54) is 6.08 Å². The molecule has 2 heterocycles. The molecule has 0 aliphatic heterocycles. The highest BCUT2D eigenvalue weighted by atomic mass is 35.5. The lowest BCUT2D eigenvalue weighted by Crippen LogP contribution is -2.18. The molecule has 0 amide bonds. The van der Waals surface area contributed by atoms with E-state index in [1.54, 1.807) is 24.3 Å². The van der Waals surface area contributed by atoms with Crippen molar-refractivity contribution in [3.63, 3.8) is 0 Å². The van der Waals surface area contributed by atoms with Crippen LogP contribution in [0.4, 0.5) is 0 Å². The highest BCUT2D eigenvalue weighted by Gasteiger charge is 2.20. The number of allylic oxidation sites excluding steroid dienone is 1. The molecule has 0 saturated carbocycles. The maximum Gasteiger partial charge on any atom is 0.260 e. The zero-order valence-corrected chi connectivity index (χ0v) is 18.0. The first-order valence-corrected chi connectivity index (χ1v) is 10.6. The molecule has 0 atom stereocenters. The van der Waals surface area contributed by atoms with Gasteiger partial charge in [-0.1, -0.05) is 83.5 Å². The molecule has 5 rings (SSSR count). The van der Waals surface area contributed by atoms with Gasteiger partial charge < -0.3 is 9.51 Å². The van der Waals surface area contributed by atoms with E-state index in [4.69, 9.17) is 16.1 Å². The monoisotopic (exact) mass is 452 g/mol. The molecule has 0 bridgehead atoms. The van der Waals surface area contributed by atoms with E-state index in [0.29, 0.717) is 22.2 Å². The maximum absolute atomic E-state index is 13.3. The van der Waals surface area contributed by atoms with Gasteiger partial charge in [0.1, 0.15) is 0 Å². The van der Waals surface area contributed by atoms with Gasteiger partial charge in [-0.05, 0) is 35.4 Å². The predicted molar refractivity (Wildman–Crippen MR) is 130 cm³/mol. The Balaban J connectivity index is 1.74. The van der Waals surface area contributed by atoms with E-state index >= 15 is 0 Å². The number of aromatic nitrogens is 2. The number of H-pyrrole nitrogens is 1. The van der Waals surface area contributed by atoms with Crippen molar-refractivity contribution in [2.75, 3.05) is 0 Å². The average molecular weight is 453 g/mol. The molecule has 2 aromatic heterocycles. The molecule has 3 aromatic carbocycles. The number of hydrogen-bond donors (Lipinski definition) is 1. The average Bonchev–Trinajstić information content (AvgIpc) is 3.29. The van der Waals surface area contributed by atoms with Crippen molar-refractivity contribution in [3.05, 3.63) is 118 Å². The van der Waals surface area contributed by atoms with Crippen LogP contribution < -0.4 is 5.56 Å². The first kappa shape index (κ1) is 20.7. The van der Waals surface area contributed by atoms with Crippen LogP contribution in [0.2, 0.25) is 5.15 Å². The Labute approximate surface area is 194 Å². The van der Waals surface area contributed by atoms with Gasteiger partial charge >= 0.3 is 0 Å². The van der Waals surface area contributed by atoms with Gasteiger partial charge in [0.15, 0.2) is 16.7 Å². The molecule has 6 heteroatoms. The van der Waals surface area contributed by atoms with E-state index in [1.807, 2.05) is 66.7 Å². The predicted octanol–water partition coefficient (Wildman–Crippen LogP) is 6.40. The van der Waals surface area contributed by atoms with Gasteiger partial charge in [0.05, 0.1) is 5.56 Å². The third kappa shape index (κ3) is 4.14. The molecule has 0 spiro atoms. The van der Waals surface area contributed by atoms with Crippen molar-refractivity contribution in [2.45, 2.75) is 0 Å². The second-order valence-electron chi connectivity index (χ2n) is 7.45. The first-order chi connectivity index (χ1) is 16.1. The summed E-state index contributed by atoms with van der Waals surface area (Å²) < 4.78 is 5.30. The molecule has 5 aromatic rings. The van der Waals surface area contributed by atoms with Crippen LogP contribution in [0.3, 0.4) is 0 Å². The minimum atomic E-state index is -0.445. The fourth-order valence-electron chi connectivity index (χ4n) is 3.80. The Morgan fingerprint density at radius 2 is 1.64 bits per heavy atom. The van der Waals surface area contributed by atoms with Crippen molar-refractivity contribution in [2.24, 2.45) is 0 Å². The number of nitrogens with zero attached hydrogens (tertiary/aromatic N) is 1. The summed E-state index contributed by atoms with van der Waals surface area (Å²) in [7, 11) is 0. The summed E-state index contributed by atoms with van der Waals surface area (Å²) in [4.78, 5) is 29.2. The summed E-state index contributed by atoms with van der Waals surface area (Å²) in [6, 6.07) is 25.9. The van der Waals surface area contributed by atoms with Crippen LogP contribution in [0, 0.1) is 0 Å². The fraction of sp³-hybridized carbons (Fsp3) is 0. The largest absolute Gasteiger partial charge is 0.355 e. The standard InChI is InChI=1S/C27H17ClN2O3/c28-24-16-23(33-30-24)19-12-13-21-20(15-19)25(18-9-5-2-6-10-18)26(27(32)29-21)22(31)14-11-17-7-3-1-4-8-17/h1-16H,(H,29,32). The molecule has 0 aliphatic rings. The Hall–Kier alpha value is -4.22. The molecule has 0 radical (unpaired) electrons. The van der Waals surface area contributed by atoms with Gasteiger partial charge in [-0.25, -0.2) is 0 Å². The highest BCUT2D eigenvalue weighted by Crippen LogP contribution is 2.33. The number of rotatable bonds is 5. The maximum atomic E-state index is 13.3. The van der Waals surface area contributed by atoms with E-state index in [2.05, 4.69) is 10.1 Å². The van der Waals surface area contributed by atoms with Crippen molar-refractivity contribution in [3.8, 4) is 22.5 Å². The van der Waals surface area contributed by atoms with Gasteiger partial charge in [0.25, 0.3) is 5.56 Å². The fourth-order valence-corrected chi connectivity index (χ4v) is 3.93. The number of aromatic amines is 1. The number of halogens is 1. The van der Waals surface area contributed by atoms with Gasteiger partial charge in [0, 0.05) is 28.1 Å². The van der Waals surface area contributed by atoms with Crippen molar-refractivity contribution in [1.82, 2.24) is 10.1 Å².